The number of carbonyl (C=O) groups is 3. The highest BCUT2D eigenvalue weighted by atomic mass is 16.2. The van der Waals surface area contributed by atoms with Crippen LogP contribution < -0.4 is 16.4 Å². The molecule has 38 heavy (non-hydrogen) atoms. The zero-order valence-electron chi connectivity index (χ0n) is 20.9. The van der Waals surface area contributed by atoms with Crippen molar-refractivity contribution in [3.63, 3.8) is 0 Å². The molecule has 0 saturated carbocycles. The molecule has 0 bridgehead atoms. The van der Waals surface area contributed by atoms with Crippen LogP contribution in [0, 0.1) is 0 Å². The first-order valence-corrected chi connectivity index (χ1v) is 12.7. The Morgan fingerprint density at radius 2 is 1.76 bits per heavy atom. The molecule has 1 saturated heterocycles. The maximum Gasteiger partial charge on any atom is 0.251 e. The monoisotopic (exact) mass is 510 g/mol. The Labute approximate surface area is 220 Å². The topological polar surface area (TPSA) is 133 Å². The van der Waals surface area contributed by atoms with Crippen LogP contribution in [0.25, 0.3) is 22.0 Å². The average Bonchev–Trinajstić information content (AvgIpc) is 3.23. The Hall–Kier alpha value is -4.66. The molecule has 1 aliphatic rings. The molecule has 0 aliphatic carbocycles. The van der Waals surface area contributed by atoms with Gasteiger partial charge in [-0.05, 0) is 60.2 Å². The highest BCUT2D eigenvalue weighted by Gasteiger charge is 2.29. The van der Waals surface area contributed by atoms with Gasteiger partial charge in [-0.25, -0.2) is 0 Å². The molecule has 9 heteroatoms. The van der Waals surface area contributed by atoms with Crippen LogP contribution in [0.15, 0.2) is 72.8 Å². The van der Waals surface area contributed by atoms with Crippen molar-refractivity contribution in [3.05, 3.63) is 83.9 Å². The lowest BCUT2D eigenvalue weighted by Gasteiger charge is -2.24. The van der Waals surface area contributed by atoms with Crippen molar-refractivity contribution in [3.8, 4) is 11.1 Å². The predicted octanol–water partition coefficient (Wildman–Crippen LogP) is 3.24. The van der Waals surface area contributed by atoms with Crippen molar-refractivity contribution in [2.45, 2.75) is 31.8 Å². The first kappa shape index (κ1) is 25.0. The lowest BCUT2D eigenvalue weighted by Crippen LogP contribution is -2.50. The molecule has 0 radical (unpaired) electrons. The van der Waals surface area contributed by atoms with E-state index in [9.17, 15) is 14.4 Å². The van der Waals surface area contributed by atoms with Crippen LogP contribution in [-0.2, 0) is 16.1 Å². The fraction of sp³-hybridized carbons (Fsp3) is 0.241. The van der Waals surface area contributed by atoms with E-state index in [1.165, 1.54) is 4.90 Å². The number of nitrogen functional groups attached to an aromatic ring is 1. The van der Waals surface area contributed by atoms with Crippen molar-refractivity contribution in [1.82, 2.24) is 25.7 Å². The molecular weight excluding hydrogens is 480 g/mol. The number of rotatable bonds is 7. The Morgan fingerprint density at radius 1 is 1.00 bits per heavy atom. The van der Waals surface area contributed by atoms with E-state index < -0.39 is 6.04 Å². The largest absolute Gasteiger partial charge is 0.382 e. The summed E-state index contributed by atoms with van der Waals surface area (Å²) in [5.74, 6) is -0.363. The summed E-state index contributed by atoms with van der Waals surface area (Å²) in [6.45, 7) is 0.731. The number of anilines is 1. The van der Waals surface area contributed by atoms with Gasteiger partial charge >= 0.3 is 0 Å². The van der Waals surface area contributed by atoms with Gasteiger partial charge in [-0.1, -0.05) is 48.5 Å². The second-order valence-electron chi connectivity index (χ2n) is 9.49. The number of carbonyl (C=O) groups excluding carboxylic acids is 3. The van der Waals surface area contributed by atoms with Crippen molar-refractivity contribution in [2.24, 2.45) is 0 Å². The van der Waals surface area contributed by atoms with Gasteiger partial charge in [0.05, 0.1) is 12.1 Å². The number of nitrogens with two attached hydrogens (primary N) is 1. The second-order valence-corrected chi connectivity index (χ2v) is 9.49. The van der Waals surface area contributed by atoms with E-state index in [4.69, 9.17) is 5.73 Å². The Balaban J connectivity index is 1.17. The summed E-state index contributed by atoms with van der Waals surface area (Å²) in [6, 6.07) is 22.2. The van der Waals surface area contributed by atoms with Crippen molar-refractivity contribution >= 4 is 34.4 Å². The van der Waals surface area contributed by atoms with E-state index in [2.05, 4.69) is 20.8 Å². The van der Waals surface area contributed by atoms with E-state index in [-0.39, 0.29) is 24.3 Å². The van der Waals surface area contributed by atoms with Gasteiger partial charge in [0, 0.05) is 24.0 Å². The minimum absolute atomic E-state index is 0.0593. The predicted molar refractivity (Wildman–Crippen MR) is 146 cm³/mol. The average molecular weight is 511 g/mol. The van der Waals surface area contributed by atoms with Gasteiger partial charge in [-0.2, -0.15) is 5.10 Å². The molecular formula is C29H30N6O3. The number of hydrogen-bond donors (Lipinski definition) is 4. The van der Waals surface area contributed by atoms with Crippen molar-refractivity contribution in [2.75, 3.05) is 18.8 Å². The molecule has 194 valence electrons. The summed E-state index contributed by atoms with van der Waals surface area (Å²) in [6.07, 6.45) is 2.10. The fourth-order valence-corrected chi connectivity index (χ4v) is 4.71. The Kier molecular flexibility index (Phi) is 7.35. The van der Waals surface area contributed by atoms with Gasteiger partial charge in [0.25, 0.3) is 5.91 Å². The third-order valence-corrected chi connectivity index (χ3v) is 6.82. The molecule has 1 unspecified atom stereocenters. The molecule has 3 aromatic carbocycles. The van der Waals surface area contributed by atoms with E-state index >= 15 is 0 Å². The minimum atomic E-state index is -0.667. The summed E-state index contributed by atoms with van der Waals surface area (Å²) in [5, 5.41) is 13.4. The molecule has 0 spiro atoms. The molecule has 3 amide bonds. The number of nitrogens with zero attached hydrogens (tertiary/aromatic N) is 2. The molecule has 2 heterocycles. The van der Waals surface area contributed by atoms with Crippen LogP contribution in [0.5, 0.6) is 0 Å². The Bertz CT molecular complexity index is 1450. The number of aromatic amines is 1. The zero-order valence-corrected chi connectivity index (χ0v) is 20.9. The van der Waals surface area contributed by atoms with Crippen LogP contribution in [0.1, 0.15) is 35.2 Å². The molecule has 5 N–H and O–H groups in total. The number of hydrogen-bond acceptors (Lipinski definition) is 5. The quantitative estimate of drug-likeness (QED) is 0.303. The third-order valence-electron chi connectivity index (χ3n) is 6.82. The lowest BCUT2D eigenvalue weighted by molar-refractivity contribution is -0.137. The van der Waals surface area contributed by atoms with Crippen LogP contribution in [0.3, 0.4) is 0 Å². The molecule has 4 aromatic rings. The number of aromatic nitrogens is 2. The molecule has 5 rings (SSSR count). The number of benzene rings is 3. The number of likely N-dealkylation sites (tertiary alicyclic amines) is 1. The number of H-pyrrole nitrogens is 1. The molecule has 1 aromatic heterocycles. The van der Waals surface area contributed by atoms with Gasteiger partial charge in [0.2, 0.25) is 11.8 Å². The zero-order chi connectivity index (χ0) is 26.5. The maximum absolute atomic E-state index is 13.2. The van der Waals surface area contributed by atoms with Gasteiger partial charge in [-0.15, -0.1) is 0 Å². The van der Waals surface area contributed by atoms with E-state index in [1.54, 1.807) is 12.1 Å². The van der Waals surface area contributed by atoms with Crippen molar-refractivity contribution < 1.29 is 14.4 Å². The van der Waals surface area contributed by atoms with E-state index in [0.29, 0.717) is 30.9 Å². The van der Waals surface area contributed by atoms with Crippen LogP contribution in [0.2, 0.25) is 0 Å². The summed E-state index contributed by atoms with van der Waals surface area (Å²) < 4.78 is 0. The standard InChI is InChI=1S/C29H30N6O3/c30-27-23-14-9-19(16-25(23)33-34-27)17-31-26(36)18-35-15-5-4-8-24(29(35)38)32-28(37)22-12-10-21(11-13-22)20-6-2-1-3-7-20/h1-3,6-7,9-14,16,24H,4-5,8,15,17-18H2,(H,31,36)(H,32,37)(H3,30,33,34). The van der Waals surface area contributed by atoms with Crippen LogP contribution in [0.4, 0.5) is 5.82 Å². The van der Waals surface area contributed by atoms with Crippen molar-refractivity contribution in [1.29, 1.82) is 0 Å². The van der Waals surface area contributed by atoms with Gasteiger partial charge < -0.3 is 21.3 Å². The van der Waals surface area contributed by atoms with Gasteiger partial charge in [0.1, 0.15) is 6.04 Å². The number of nitrogens with one attached hydrogen (secondary N) is 3. The molecule has 1 atom stereocenters. The minimum Gasteiger partial charge on any atom is -0.382 e. The maximum atomic E-state index is 13.2. The molecule has 1 aliphatic heterocycles. The summed E-state index contributed by atoms with van der Waals surface area (Å²) >= 11 is 0. The molecule has 1 fully saturated rings. The third kappa shape index (κ3) is 5.67. The SMILES string of the molecule is Nc1n[nH]c2cc(CNC(=O)CN3CCCCC(NC(=O)c4ccc(-c5ccccc5)cc4)C3=O)ccc12. The summed E-state index contributed by atoms with van der Waals surface area (Å²) in [7, 11) is 0. The number of amides is 3. The fourth-order valence-electron chi connectivity index (χ4n) is 4.71. The highest BCUT2D eigenvalue weighted by Crippen LogP contribution is 2.20. The highest BCUT2D eigenvalue weighted by molar-refractivity contribution is 5.98. The molecule has 9 nitrogen and oxygen atoms in total. The first-order valence-electron chi connectivity index (χ1n) is 12.7. The van der Waals surface area contributed by atoms with E-state index in [1.807, 2.05) is 60.7 Å². The lowest BCUT2D eigenvalue weighted by atomic mass is 10.0. The summed E-state index contributed by atoms with van der Waals surface area (Å²) in [5.41, 5.74) is 10.1. The van der Waals surface area contributed by atoms with Gasteiger partial charge in [-0.3, -0.25) is 19.5 Å². The summed E-state index contributed by atoms with van der Waals surface area (Å²) in [4.78, 5) is 40.4. The van der Waals surface area contributed by atoms with E-state index in [0.717, 1.165) is 40.4 Å². The normalized spacial score (nSPS) is 15.7. The second kappa shape index (κ2) is 11.2. The van der Waals surface area contributed by atoms with Gasteiger partial charge in [0.15, 0.2) is 5.82 Å². The smallest absolute Gasteiger partial charge is 0.251 e. The number of fused-ring (bicyclic) bond motifs is 1. The van der Waals surface area contributed by atoms with Crippen LogP contribution >= 0.6 is 0 Å². The Morgan fingerprint density at radius 3 is 2.55 bits per heavy atom. The first-order chi connectivity index (χ1) is 18.5. The van der Waals surface area contributed by atoms with Crippen LogP contribution in [-0.4, -0.2) is 52.0 Å².